The molecule has 3 heterocycles. The summed E-state index contributed by atoms with van der Waals surface area (Å²) in [5.74, 6) is 0.628. The second kappa shape index (κ2) is 8.54. The number of carbonyl (C=O) groups is 1. The number of anilines is 1. The molecule has 0 saturated heterocycles. The molecule has 0 unspecified atom stereocenters. The van der Waals surface area contributed by atoms with Crippen LogP contribution in [0.4, 0.5) is 11.5 Å². The zero-order valence-electron chi connectivity index (χ0n) is 18.0. The maximum Gasteiger partial charge on any atom is 0.269 e. The Bertz CT molecular complexity index is 1510. The molecule has 0 saturated carbocycles. The van der Waals surface area contributed by atoms with Gasteiger partial charge >= 0.3 is 0 Å². The summed E-state index contributed by atoms with van der Waals surface area (Å²) in [6.45, 7) is 1.81. The van der Waals surface area contributed by atoms with Crippen LogP contribution in [-0.2, 0) is 11.2 Å². The Labute approximate surface area is 192 Å². The summed E-state index contributed by atoms with van der Waals surface area (Å²) in [7, 11) is 0. The minimum atomic E-state index is -0.479. The lowest BCUT2D eigenvalue weighted by molar-refractivity contribution is -0.384. The first-order chi connectivity index (χ1) is 16.5. The molecule has 0 bridgehead atoms. The van der Waals surface area contributed by atoms with E-state index in [2.05, 4.69) is 25.5 Å². The van der Waals surface area contributed by atoms with E-state index in [9.17, 15) is 14.9 Å². The van der Waals surface area contributed by atoms with Crippen molar-refractivity contribution in [3.8, 4) is 11.5 Å². The first kappa shape index (κ1) is 20.9. The average Bonchev–Trinajstić information content (AvgIpc) is 3.43. The summed E-state index contributed by atoms with van der Waals surface area (Å²) in [5, 5.41) is 23.3. The van der Waals surface area contributed by atoms with E-state index in [1.807, 2.05) is 37.3 Å². The van der Waals surface area contributed by atoms with E-state index in [1.165, 1.54) is 18.5 Å². The smallest absolute Gasteiger partial charge is 0.269 e. The van der Waals surface area contributed by atoms with Gasteiger partial charge in [0.25, 0.3) is 5.69 Å². The Kier molecular flexibility index (Phi) is 5.26. The highest BCUT2D eigenvalue weighted by atomic mass is 16.6. The maximum atomic E-state index is 12.7. The van der Waals surface area contributed by atoms with Crippen molar-refractivity contribution in [3.05, 3.63) is 94.6 Å². The normalized spacial score (nSPS) is 11.0. The van der Waals surface area contributed by atoms with Gasteiger partial charge in [0.15, 0.2) is 11.5 Å². The van der Waals surface area contributed by atoms with Crippen LogP contribution >= 0.6 is 0 Å². The first-order valence-corrected chi connectivity index (χ1v) is 10.3. The van der Waals surface area contributed by atoms with Crippen LogP contribution in [0.2, 0.25) is 0 Å². The Morgan fingerprint density at radius 2 is 1.82 bits per heavy atom. The molecule has 3 aromatic heterocycles. The fourth-order valence-corrected chi connectivity index (χ4v) is 3.62. The Balaban J connectivity index is 1.45. The highest BCUT2D eigenvalue weighted by Gasteiger charge is 2.18. The summed E-state index contributed by atoms with van der Waals surface area (Å²) in [5.41, 5.74) is 2.77. The molecule has 0 atom stereocenters. The third kappa shape index (κ3) is 3.97. The van der Waals surface area contributed by atoms with E-state index >= 15 is 0 Å². The summed E-state index contributed by atoms with van der Waals surface area (Å²) in [6.07, 6.45) is 3.14. The molecule has 0 fully saturated rings. The van der Waals surface area contributed by atoms with Crippen molar-refractivity contribution in [2.75, 3.05) is 5.32 Å². The van der Waals surface area contributed by atoms with Gasteiger partial charge in [0, 0.05) is 18.2 Å². The summed E-state index contributed by atoms with van der Waals surface area (Å²) < 4.78 is 3.26. The number of nitrogens with one attached hydrogen (secondary N) is 1. The number of rotatable bonds is 6. The molecule has 11 heteroatoms. The minimum Gasteiger partial charge on any atom is -0.310 e. The zero-order chi connectivity index (χ0) is 23.7. The van der Waals surface area contributed by atoms with Gasteiger partial charge in [-0.2, -0.15) is 14.9 Å². The largest absolute Gasteiger partial charge is 0.310 e. The molecule has 0 radical (unpaired) electrons. The lowest BCUT2D eigenvalue weighted by Crippen LogP contribution is -2.17. The van der Waals surface area contributed by atoms with Gasteiger partial charge in [-0.15, -0.1) is 0 Å². The number of hydrogen-bond donors (Lipinski definition) is 1. The molecular formula is C23H18N8O3. The number of non-ortho nitro benzene ring substituents is 1. The molecule has 0 aliphatic heterocycles. The van der Waals surface area contributed by atoms with Gasteiger partial charge in [-0.25, -0.2) is 14.6 Å². The Morgan fingerprint density at radius 1 is 1.06 bits per heavy atom. The van der Waals surface area contributed by atoms with Gasteiger partial charge < -0.3 is 5.32 Å². The molecular weight excluding hydrogens is 436 g/mol. The fourth-order valence-electron chi connectivity index (χ4n) is 3.62. The van der Waals surface area contributed by atoms with Crippen molar-refractivity contribution in [1.29, 1.82) is 0 Å². The van der Waals surface area contributed by atoms with Crippen molar-refractivity contribution in [3.63, 3.8) is 0 Å². The van der Waals surface area contributed by atoms with E-state index in [1.54, 1.807) is 33.8 Å². The molecule has 168 valence electrons. The standard InChI is InChI=1S/C23H18N8O3/c1-15-11-20(27-21(32)12-16-7-9-18(10-8-16)31(33)34)30(28-15)23-19-13-26-29(22(19)24-14-25-23)17-5-3-2-4-6-17/h2-11,13-14H,12H2,1H3,(H,27,32). The van der Waals surface area contributed by atoms with Gasteiger partial charge in [0.2, 0.25) is 5.91 Å². The van der Waals surface area contributed by atoms with Gasteiger partial charge in [-0.3, -0.25) is 14.9 Å². The Morgan fingerprint density at radius 3 is 2.56 bits per heavy atom. The first-order valence-electron chi connectivity index (χ1n) is 10.3. The number of nitro groups is 1. The van der Waals surface area contributed by atoms with Crippen LogP contribution in [0.1, 0.15) is 11.3 Å². The molecule has 5 aromatic rings. The molecule has 0 spiro atoms. The van der Waals surface area contributed by atoms with Gasteiger partial charge in [0.05, 0.1) is 34.3 Å². The quantitative estimate of drug-likeness (QED) is 0.307. The Hall–Kier alpha value is -4.93. The van der Waals surface area contributed by atoms with Crippen LogP contribution in [-0.4, -0.2) is 40.4 Å². The van der Waals surface area contributed by atoms with Crippen molar-refractivity contribution in [1.82, 2.24) is 29.5 Å². The number of nitro benzene ring substituents is 1. The predicted octanol–water partition coefficient (Wildman–Crippen LogP) is 3.40. The number of fused-ring (bicyclic) bond motifs is 1. The monoisotopic (exact) mass is 454 g/mol. The van der Waals surface area contributed by atoms with Crippen LogP contribution in [0, 0.1) is 17.0 Å². The number of carbonyl (C=O) groups excluding carboxylic acids is 1. The molecule has 1 N–H and O–H groups in total. The minimum absolute atomic E-state index is 0.0262. The van der Waals surface area contributed by atoms with Crippen LogP contribution < -0.4 is 5.32 Å². The topological polar surface area (TPSA) is 134 Å². The predicted molar refractivity (Wildman–Crippen MR) is 124 cm³/mol. The molecule has 34 heavy (non-hydrogen) atoms. The highest BCUT2D eigenvalue weighted by Crippen LogP contribution is 2.24. The van der Waals surface area contributed by atoms with E-state index in [4.69, 9.17) is 0 Å². The summed E-state index contributed by atoms with van der Waals surface area (Å²) >= 11 is 0. The number of aromatic nitrogens is 6. The maximum absolute atomic E-state index is 12.7. The van der Waals surface area contributed by atoms with Crippen LogP contribution in [0.3, 0.4) is 0 Å². The van der Waals surface area contributed by atoms with E-state index in [-0.39, 0.29) is 18.0 Å². The molecule has 5 rings (SSSR count). The number of nitrogens with zero attached hydrogens (tertiary/aromatic N) is 7. The molecule has 1 amide bonds. The fraction of sp³-hybridized carbons (Fsp3) is 0.0870. The van der Waals surface area contributed by atoms with E-state index in [0.717, 1.165) is 5.69 Å². The van der Waals surface area contributed by atoms with Crippen LogP contribution in [0.15, 0.2) is 73.2 Å². The number of aryl methyl sites for hydroxylation is 1. The van der Waals surface area contributed by atoms with E-state index in [0.29, 0.717) is 33.9 Å². The lowest BCUT2D eigenvalue weighted by Gasteiger charge is -2.09. The number of para-hydroxylation sites is 1. The molecule has 0 aliphatic rings. The van der Waals surface area contributed by atoms with Crippen molar-refractivity contribution < 1.29 is 9.72 Å². The molecule has 11 nitrogen and oxygen atoms in total. The average molecular weight is 454 g/mol. The summed E-state index contributed by atoms with van der Waals surface area (Å²) in [6, 6.07) is 17.2. The van der Waals surface area contributed by atoms with Crippen LogP contribution in [0.25, 0.3) is 22.5 Å². The second-order valence-corrected chi connectivity index (χ2v) is 7.56. The van der Waals surface area contributed by atoms with Crippen molar-refractivity contribution in [2.45, 2.75) is 13.3 Å². The third-order valence-electron chi connectivity index (χ3n) is 5.16. The SMILES string of the molecule is Cc1cc(NC(=O)Cc2ccc([N+](=O)[O-])cc2)n(-c2ncnc3c2cnn3-c2ccccc2)n1. The van der Waals surface area contributed by atoms with Gasteiger partial charge in [0.1, 0.15) is 12.1 Å². The molecule has 0 aliphatic carbocycles. The van der Waals surface area contributed by atoms with Crippen molar-refractivity contribution in [2.24, 2.45) is 0 Å². The lowest BCUT2D eigenvalue weighted by atomic mass is 10.1. The third-order valence-corrected chi connectivity index (χ3v) is 5.16. The summed E-state index contributed by atoms with van der Waals surface area (Å²) in [4.78, 5) is 31.8. The zero-order valence-corrected chi connectivity index (χ0v) is 18.0. The van der Waals surface area contributed by atoms with Gasteiger partial charge in [-0.05, 0) is 24.6 Å². The van der Waals surface area contributed by atoms with Crippen molar-refractivity contribution >= 4 is 28.4 Å². The molecule has 2 aromatic carbocycles. The van der Waals surface area contributed by atoms with E-state index < -0.39 is 4.92 Å². The van der Waals surface area contributed by atoms with Gasteiger partial charge in [-0.1, -0.05) is 30.3 Å². The number of hydrogen-bond acceptors (Lipinski definition) is 7. The van der Waals surface area contributed by atoms with Crippen LogP contribution in [0.5, 0.6) is 0 Å². The highest BCUT2D eigenvalue weighted by molar-refractivity contribution is 5.92. The number of amides is 1. The number of benzene rings is 2. The second-order valence-electron chi connectivity index (χ2n) is 7.56.